The summed E-state index contributed by atoms with van der Waals surface area (Å²) in [5, 5.41) is 7.61. The maximum absolute atomic E-state index is 10.3. The van der Waals surface area contributed by atoms with Gasteiger partial charge in [-0.15, -0.1) is 0 Å². The summed E-state index contributed by atoms with van der Waals surface area (Å²) in [5.74, 6) is -0.407. The van der Waals surface area contributed by atoms with E-state index in [4.69, 9.17) is 0 Å². The lowest BCUT2D eigenvalue weighted by molar-refractivity contribution is -0.121. The smallest absolute Gasteiger partial charge is 0.219 e. The molecule has 0 fully saturated rings. The molecular weight excluding hydrogens is 354 g/mol. The van der Waals surface area contributed by atoms with Crippen LogP contribution in [0, 0.1) is 0 Å². The average Bonchev–Trinajstić information content (AvgIpc) is 2.56. The number of nitrogens with two attached hydrogens (primary N) is 2. The molecule has 0 bridgehead atoms. The SMILES string of the molecule is CC(N)=O.CCC(N)=O.CCNC(=O)CC.CCNC(C)=O.CNC(C)=O. The van der Waals surface area contributed by atoms with Gasteiger partial charge in [-0.2, -0.15) is 0 Å². The van der Waals surface area contributed by atoms with Gasteiger partial charge in [0.2, 0.25) is 29.5 Å². The number of amides is 5. The van der Waals surface area contributed by atoms with Gasteiger partial charge in [0.25, 0.3) is 0 Å². The van der Waals surface area contributed by atoms with E-state index in [0.29, 0.717) is 12.8 Å². The molecule has 7 N–H and O–H groups in total. The predicted molar refractivity (Wildman–Crippen MR) is 107 cm³/mol. The minimum Gasteiger partial charge on any atom is -0.370 e. The Balaban J connectivity index is -0.0000000757. The number of carbonyl (C=O) groups excluding carboxylic acids is 5. The summed E-state index contributed by atoms with van der Waals surface area (Å²) >= 11 is 0. The van der Waals surface area contributed by atoms with Crippen LogP contribution in [-0.2, 0) is 24.0 Å². The maximum Gasteiger partial charge on any atom is 0.219 e. The van der Waals surface area contributed by atoms with Crippen LogP contribution in [0.4, 0.5) is 0 Å². The fraction of sp³-hybridized carbons (Fsp3) is 0.706. The summed E-state index contributed by atoms with van der Waals surface area (Å²) in [6.07, 6.45) is 1.04. The Hall–Kier alpha value is -2.65. The van der Waals surface area contributed by atoms with Crippen molar-refractivity contribution >= 4 is 29.5 Å². The highest BCUT2D eigenvalue weighted by Crippen LogP contribution is 1.71. The first-order valence-corrected chi connectivity index (χ1v) is 8.59. The first kappa shape index (κ1) is 35.5. The molecule has 0 aromatic carbocycles. The largest absolute Gasteiger partial charge is 0.370 e. The summed E-state index contributed by atoms with van der Waals surface area (Å²) in [6, 6.07) is 0. The lowest BCUT2D eigenvalue weighted by Gasteiger charge is -1.93. The summed E-state index contributed by atoms with van der Waals surface area (Å²) in [7, 11) is 1.60. The van der Waals surface area contributed by atoms with E-state index in [1.165, 1.54) is 20.8 Å². The van der Waals surface area contributed by atoms with Crippen LogP contribution in [0.15, 0.2) is 0 Å². The van der Waals surface area contributed by atoms with E-state index in [0.717, 1.165) is 13.1 Å². The monoisotopic (exact) mass is 393 g/mol. The zero-order valence-corrected chi connectivity index (χ0v) is 18.0. The first-order chi connectivity index (χ1) is 12.4. The number of hydrogen-bond donors (Lipinski definition) is 5. The zero-order valence-electron chi connectivity index (χ0n) is 18.0. The second kappa shape index (κ2) is 31.2. The van der Waals surface area contributed by atoms with Gasteiger partial charge in [0.05, 0.1) is 0 Å². The topological polar surface area (TPSA) is 173 Å². The van der Waals surface area contributed by atoms with Crippen LogP contribution in [0.3, 0.4) is 0 Å². The van der Waals surface area contributed by atoms with Crippen LogP contribution in [0.2, 0.25) is 0 Å². The van der Waals surface area contributed by atoms with Crippen molar-refractivity contribution in [1.82, 2.24) is 16.0 Å². The average molecular weight is 394 g/mol. The molecule has 27 heavy (non-hydrogen) atoms. The predicted octanol–water partition coefficient (Wildman–Crippen LogP) is -0.199. The Kier molecular flexibility index (Phi) is 40.9. The summed E-state index contributed by atoms with van der Waals surface area (Å²) in [6.45, 7) is 13.1. The summed E-state index contributed by atoms with van der Waals surface area (Å²) < 4.78 is 0. The van der Waals surface area contributed by atoms with Crippen molar-refractivity contribution in [3.8, 4) is 0 Å². The normalized spacial score (nSPS) is 7.41. The zero-order chi connectivity index (χ0) is 22.8. The molecule has 0 saturated carbocycles. The number of nitrogens with one attached hydrogen (secondary N) is 3. The summed E-state index contributed by atoms with van der Waals surface area (Å²) in [5.41, 5.74) is 9.12. The fourth-order valence-electron chi connectivity index (χ4n) is 0.571. The quantitative estimate of drug-likeness (QED) is 0.444. The Morgan fingerprint density at radius 3 is 1.04 bits per heavy atom. The van der Waals surface area contributed by atoms with Gasteiger partial charge in [-0.25, -0.2) is 0 Å². The highest BCUT2D eigenvalue weighted by molar-refractivity contribution is 5.75. The lowest BCUT2D eigenvalue weighted by atomic mass is 10.4. The number of rotatable bonds is 4. The first-order valence-electron chi connectivity index (χ1n) is 8.59. The molecular formula is C17H39N5O5. The van der Waals surface area contributed by atoms with Gasteiger partial charge in [0.15, 0.2) is 0 Å². The fourth-order valence-corrected chi connectivity index (χ4v) is 0.571. The van der Waals surface area contributed by atoms with Crippen LogP contribution in [0.1, 0.15) is 61.3 Å². The van der Waals surface area contributed by atoms with E-state index in [-0.39, 0.29) is 29.5 Å². The molecule has 0 aliphatic heterocycles. The highest BCUT2D eigenvalue weighted by atomic mass is 16.2. The molecule has 0 heterocycles. The van der Waals surface area contributed by atoms with Crippen molar-refractivity contribution in [2.75, 3.05) is 20.1 Å². The van der Waals surface area contributed by atoms with Gasteiger partial charge >= 0.3 is 0 Å². The van der Waals surface area contributed by atoms with Gasteiger partial charge in [-0.1, -0.05) is 13.8 Å². The second-order valence-electron chi connectivity index (χ2n) is 4.63. The molecule has 10 nitrogen and oxygen atoms in total. The molecule has 0 unspecified atom stereocenters. The third-order valence-electron chi connectivity index (χ3n) is 1.82. The second-order valence-corrected chi connectivity index (χ2v) is 4.63. The number of hydrogen-bond acceptors (Lipinski definition) is 5. The molecule has 0 spiro atoms. The molecule has 0 radical (unpaired) electrons. The van der Waals surface area contributed by atoms with Crippen LogP contribution < -0.4 is 27.4 Å². The van der Waals surface area contributed by atoms with E-state index in [1.807, 2.05) is 20.8 Å². The van der Waals surface area contributed by atoms with Gasteiger partial charge in [0.1, 0.15) is 0 Å². The molecule has 5 amide bonds. The standard InChI is InChI=1S/C5H11NO.C4H9NO.2C3H7NO.C2H5NO/c1-3-5(7)6-4-2;1-3-5-4(2)6;1-3(5)4-2;1-2-3(4)5;1-2(3)4/h3-4H2,1-2H3,(H,6,7);3H2,1-2H3,(H,5,6);1-2H3,(H,4,5);2H2,1H3,(H2,4,5);1H3,(H2,3,4). The number of primary amides is 2. The molecule has 0 aliphatic carbocycles. The van der Waals surface area contributed by atoms with Crippen molar-refractivity contribution in [2.45, 2.75) is 61.3 Å². The summed E-state index contributed by atoms with van der Waals surface area (Å²) in [4.78, 5) is 48.7. The van der Waals surface area contributed by atoms with Crippen LogP contribution in [0.25, 0.3) is 0 Å². The minimum atomic E-state index is -0.333. The maximum atomic E-state index is 10.3. The molecule has 0 aromatic heterocycles. The van der Waals surface area contributed by atoms with E-state index in [1.54, 1.807) is 14.0 Å². The van der Waals surface area contributed by atoms with Crippen molar-refractivity contribution in [1.29, 1.82) is 0 Å². The molecule has 162 valence electrons. The van der Waals surface area contributed by atoms with Gasteiger partial charge in [-0.05, 0) is 13.8 Å². The third-order valence-corrected chi connectivity index (χ3v) is 1.82. The van der Waals surface area contributed by atoms with E-state index < -0.39 is 0 Å². The van der Waals surface area contributed by atoms with Crippen molar-refractivity contribution < 1.29 is 24.0 Å². The lowest BCUT2D eigenvalue weighted by Crippen LogP contribution is -2.20. The van der Waals surface area contributed by atoms with Gasteiger partial charge in [-0.3, -0.25) is 24.0 Å². The van der Waals surface area contributed by atoms with Crippen LogP contribution in [-0.4, -0.2) is 49.7 Å². The molecule has 10 heteroatoms. The van der Waals surface area contributed by atoms with Crippen LogP contribution in [0.5, 0.6) is 0 Å². The molecule has 0 aromatic rings. The highest BCUT2D eigenvalue weighted by Gasteiger charge is 1.88. The van der Waals surface area contributed by atoms with Gasteiger partial charge < -0.3 is 27.4 Å². The molecule has 0 atom stereocenters. The van der Waals surface area contributed by atoms with Gasteiger partial charge in [0, 0.05) is 53.8 Å². The molecule has 0 aliphatic rings. The third kappa shape index (κ3) is 122. The van der Waals surface area contributed by atoms with E-state index >= 15 is 0 Å². The minimum absolute atomic E-state index is 0.00463. The Labute approximate surface area is 163 Å². The van der Waals surface area contributed by atoms with Crippen molar-refractivity contribution in [3.05, 3.63) is 0 Å². The van der Waals surface area contributed by atoms with Crippen molar-refractivity contribution in [2.24, 2.45) is 11.5 Å². The Morgan fingerprint density at radius 2 is 1.00 bits per heavy atom. The Bertz CT molecular complexity index is 383. The number of carbonyl (C=O) groups is 5. The van der Waals surface area contributed by atoms with Crippen LogP contribution >= 0.6 is 0 Å². The molecule has 0 saturated heterocycles. The van der Waals surface area contributed by atoms with Crippen molar-refractivity contribution in [3.63, 3.8) is 0 Å². The van der Waals surface area contributed by atoms with E-state index in [9.17, 15) is 24.0 Å². The molecule has 0 rings (SSSR count). The van der Waals surface area contributed by atoms with E-state index in [2.05, 4.69) is 27.4 Å². The Morgan fingerprint density at radius 1 is 0.704 bits per heavy atom.